The molecule has 123 heavy (non-hydrogen) atoms. The minimum Gasteiger partial charge on any atom is -0.496 e. The molecule has 4 atom stereocenters. The van der Waals surface area contributed by atoms with E-state index in [2.05, 4.69) is 53.5 Å². The number of urea groups is 1. The van der Waals surface area contributed by atoms with Crippen LogP contribution in [0.3, 0.4) is 0 Å². The van der Waals surface area contributed by atoms with E-state index in [0.717, 1.165) is 27.5 Å². The summed E-state index contributed by atoms with van der Waals surface area (Å²) in [5.41, 5.74) is 10.9. The lowest BCUT2D eigenvalue weighted by Crippen LogP contribution is -2.57. The third kappa shape index (κ3) is 26.5. The van der Waals surface area contributed by atoms with Gasteiger partial charge in [-0.15, -0.1) is 11.3 Å². The summed E-state index contributed by atoms with van der Waals surface area (Å²) in [7, 11) is 0.570. The van der Waals surface area contributed by atoms with Crippen LogP contribution in [0.4, 0.5) is 19.7 Å². The topological polar surface area (TPSA) is 472 Å². The average Bonchev–Trinajstić information content (AvgIpc) is 1.57. The number of carbonyl (C=O) groups is 10. The van der Waals surface area contributed by atoms with Crippen LogP contribution >= 0.6 is 30.5 Å². The number of hydrogen-bond donors (Lipinski definition) is 10. The molecule has 0 unspecified atom stereocenters. The first-order valence-corrected chi connectivity index (χ1v) is 42.4. The van der Waals surface area contributed by atoms with Gasteiger partial charge >= 0.3 is 31.7 Å². The van der Waals surface area contributed by atoms with Crippen LogP contribution in [0.1, 0.15) is 73.9 Å². The molecule has 39 heteroatoms. The molecule has 5 heterocycles. The highest BCUT2D eigenvalue weighted by Crippen LogP contribution is 2.50. The number of halogens is 2. The van der Waals surface area contributed by atoms with Gasteiger partial charge in [-0.2, -0.15) is 0 Å². The third-order valence-corrected chi connectivity index (χ3v) is 22.9. The molecule has 1 saturated heterocycles. The Hall–Kier alpha value is -12.1. The van der Waals surface area contributed by atoms with Crippen LogP contribution < -0.4 is 51.3 Å². The van der Waals surface area contributed by atoms with Crippen LogP contribution in [0, 0.1) is 18.7 Å². The normalized spacial score (nSPS) is 14.3. The van der Waals surface area contributed by atoms with Gasteiger partial charge in [0.1, 0.15) is 72.7 Å². The lowest BCUT2D eigenvalue weighted by atomic mass is 9.96. The Morgan fingerprint density at radius 2 is 1.48 bits per heavy atom. The average molecular weight is 1760 g/mol. The molecule has 11 N–H and O–H groups in total. The summed E-state index contributed by atoms with van der Waals surface area (Å²) in [6.45, 7) is 7.53. The van der Waals surface area contributed by atoms with Gasteiger partial charge < -0.3 is 90.1 Å². The van der Waals surface area contributed by atoms with Crippen LogP contribution in [0.15, 0.2) is 134 Å². The van der Waals surface area contributed by atoms with E-state index in [0.29, 0.717) is 127 Å². The second-order valence-electron chi connectivity index (χ2n) is 29.9. The molecule has 1 fully saturated rings. The number of primary amides is 1. The minimum absolute atomic E-state index is 0.0199. The number of rotatable bonds is 44. The molecule has 0 radical (unpaired) electrons. The zero-order chi connectivity index (χ0) is 88.7. The maximum atomic E-state index is 14.6. The summed E-state index contributed by atoms with van der Waals surface area (Å²) < 4.78 is 62.1. The molecule has 9 amide bonds. The number of carbonyl (C=O) groups excluding carboxylic acids is 8. The molecule has 0 saturated carbocycles. The number of carboxylic acids is 2. The molecule has 0 spiro atoms. The van der Waals surface area contributed by atoms with Crippen molar-refractivity contribution in [3.8, 4) is 56.1 Å². The highest BCUT2D eigenvalue weighted by molar-refractivity contribution is 7.51. The Kier molecular flexibility index (Phi) is 33.0. The maximum absolute atomic E-state index is 14.6. The number of imide groups is 1. The Balaban J connectivity index is 0.821. The Labute approximate surface area is 716 Å². The summed E-state index contributed by atoms with van der Waals surface area (Å²) in [4.78, 5) is 172. The van der Waals surface area contributed by atoms with Gasteiger partial charge in [-0.1, -0.05) is 80.0 Å². The number of amides is 9. The molecule has 0 aliphatic carbocycles. The lowest BCUT2D eigenvalue weighted by Gasteiger charge is -2.42. The van der Waals surface area contributed by atoms with Crippen molar-refractivity contribution in [3.05, 3.63) is 173 Å². The fourth-order valence-corrected chi connectivity index (χ4v) is 15.6. The van der Waals surface area contributed by atoms with Gasteiger partial charge in [0.25, 0.3) is 11.8 Å². The number of anilines is 1. The van der Waals surface area contributed by atoms with Crippen LogP contribution in [0.25, 0.3) is 43.2 Å². The molecule has 35 nitrogen and oxygen atoms in total. The van der Waals surface area contributed by atoms with E-state index >= 15 is 0 Å². The molecular weight excluding hydrogens is 1660 g/mol. The first-order chi connectivity index (χ1) is 58.7. The van der Waals surface area contributed by atoms with E-state index in [9.17, 15) is 76.9 Å². The Morgan fingerprint density at radius 3 is 2.18 bits per heavy atom. The second-order valence-corrected chi connectivity index (χ2v) is 33.1. The second kappa shape index (κ2) is 43.6. The summed E-state index contributed by atoms with van der Waals surface area (Å²) in [6.07, 6.45) is 1.17. The number of quaternary nitrogens is 1. The number of hydrogen-bond acceptors (Lipinski definition) is 23. The fraction of sp³-hybridized carbons (Fsp3) is 0.381. The molecule has 3 aromatic heterocycles. The van der Waals surface area contributed by atoms with Crippen molar-refractivity contribution in [2.75, 3.05) is 105 Å². The number of thiophene rings is 1. The van der Waals surface area contributed by atoms with Crippen molar-refractivity contribution in [1.29, 1.82) is 0 Å². The number of benzene rings is 5. The first-order valence-electron chi connectivity index (χ1n) is 39.4. The van der Waals surface area contributed by atoms with E-state index in [4.69, 9.17) is 50.7 Å². The molecule has 10 rings (SSSR count). The largest absolute Gasteiger partial charge is 0.496 e. The summed E-state index contributed by atoms with van der Waals surface area (Å²) in [5.74, 6) is -5.83. The number of ether oxygens (including phenoxy) is 6. The van der Waals surface area contributed by atoms with Crippen LogP contribution in [-0.2, 0) is 78.5 Å². The predicted octanol–water partition coefficient (Wildman–Crippen LogP) is 8.03. The summed E-state index contributed by atoms with van der Waals surface area (Å²) in [5, 5.41) is 34.5. The first kappa shape index (κ1) is 93.2. The van der Waals surface area contributed by atoms with Gasteiger partial charge in [-0.25, -0.2) is 43.5 Å². The number of aromatic nitrogens is 4. The number of likely N-dealkylation sites (N-methyl/N-ethyl adjacent to an activating group) is 1. The lowest BCUT2D eigenvalue weighted by molar-refractivity contribution is -0.926. The number of methoxy groups -OCH3 is 1. The zero-order valence-corrected chi connectivity index (χ0v) is 70.9. The van der Waals surface area contributed by atoms with Crippen molar-refractivity contribution < 1.29 is 110 Å². The van der Waals surface area contributed by atoms with Gasteiger partial charge in [-0.3, -0.25) is 43.1 Å². The van der Waals surface area contributed by atoms with Gasteiger partial charge in [0.05, 0.1) is 74.8 Å². The van der Waals surface area contributed by atoms with Crippen molar-refractivity contribution in [3.63, 3.8) is 0 Å². The highest BCUT2D eigenvalue weighted by atomic mass is 35.5. The number of nitrogens with two attached hydrogens (primary N) is 1. The van der Waals surface area contributed by atoms with Crippen LogP contribution in [-0.4, -0.2) is 242 Å². The Bertz CT molecular complexity index is 5230. The molecular formula is C84H98ClFN14O21PS+. The number of carboxylic acid groups (broad SMARTS) is 2. The zero-order valence-electron chi connectivity index (χ0n) is 68.4. The van der Waals surface area contributed by atoms with E-state index in [-0.39, 0.29) is 94.8 Å². The SMILES string of the molecule is COc1ccccc1-c1nccc(COc2ccccc2C[C@@H](Oc2ncnc3sc(-c4ccc(F)cc4)c(-c4ccc(OCCN5CC[N+](C)(Cc6ccc(NC(=O)[C@H](CCCNC(N)=O)NC(=O)[C@@H](NC(=O)CCOCCN7C(=O)C=CC7=O)C(C)C)cc6CN(C)C(=O)OC[C@@H](NC(=O)CCCP(=O)(O)O)C(=O)O)CC5)c(Cl)c4C)c23)C(=O)O)n1. The number of nitrogens with one attached hydrogen (secondary N) is 5. The maximum Gasteiger partial charge on any atom is 0.409 e. The number of para-hydroxylation sites is 2. The van der Waals surface area contributed by atoms with Crippen molar-refractivity contribution >= 4 is 106 Å². The summed E-state index contributed by atoms with van der Waals surface area (Å²) in [6, 6.07) is 25.7. The molecule has 654 valence electrons. The van der Waals surface area contributed by atoms with Crippen molar-refractivity contribution in [1.82, 2.24) is 55.9 Å². The van der Waals surface area contributed by atoms with Gasteiger partial charge in [-0.05, 0) is 115 Å². The smallest absolute Gasteiger partial charge is 0.409 e. The number of fused-ring (bicyclic) bond motifs is 1. The molecule has 2 aliphatic heterocycles. The standard InChI is InChI=1S/C84H97ClFN14O21PS/c1-50(2)74(96-68(102)30-39-117-40-36-99-69(103)27-28-70(99)104)78(106)95-61(15-11-31-89-83(87)111)77(105)93-57-24-21-54(55(43-57)45-97(4)84(112)120-48-62(81(107)108)94-67(101)18-12-42-122(113,114)115)46-100(5)37-33-98(34-38-100)35-41-118-65-26-25-59(51(3)73(65)85)71-72-79(90-49-91-80(72)123-75(71)52-19-22-56(86)23-20-52)121-66(82(109)110)44-53-13-7-9-16-63(53)119-47-58-29-32-88-76(92-58)60-14-8-10-17-64(60)116-6/h7-10,13-14,16-17,19-29,32,43,49-50,61-62,66,74H,11-12,15,18,30-31,33-42,44-48H2,1-6H3,(H10-,87,89,93,94,95,96,101,102,105,106,107,108,109,110,111,113,114,115)/p+1/t61-,62+,66+,74-/m0/s1. The number of nitrogens with zero attached hydrogens (tertiary/aromatic N) is 8. The van der Waals surface area contributed by atoms with E-state index in [1.165, 1.54) is 36.8 Å². The monoisotopic (exact) mass is 1760 g/mol. The quantitative estimate of drug-likeness (QED) is 0.00747. The van der Waals surface area contributed by atoms with E-state index < -0.39 is 122 Å². The van der Waals surface area contributed by atoms with Crippen molar-refractivity contribution in [2.24, 2.45) is 11.7 Å². The van der Waals surface area contributed by atoms with Gasteiger partial charge in [0.2, 0.25) is 35.6 Å². The minimum atomic E-state index is -4.45. The molecule has 0 bridgehead atoms. The Morgan fingerprint density at radius 1 is 0.764 bits per heavy atom. The van der Waals surface area contributed by atoms with Gasteiger partial charge in [0, 0.05) is 99.1 Å². The fourth-order valence-electron chi connectivity index (χ4n) is 13.7. The highest BCUT2D eigenvalue weighted by Gasteiger charge is 2.35. The van der Waals surface area contributed by atoms with Crippen LogP contribution in [0.2, 0.25) is 5.02 Å². The van der Waals surface area contributed by atoms with E-state index in [1.807, 2.05) is 37.3 Å². The molecule has 5 aromatic carbocycles. The number of aliphatic carboxylic acids is 2. The molecule has 2 aliphatic rings. The van der Waals surface area contributed by atoms with Crippen LogP contribution in [0.5, 0.6) is 23.1 Å². The van der Waals surface area contributed by atoms with E-state index in [1.54, 1.807) is 93.9 Å². The summed E-state index contributed by atoms with van der Waals surface area (Å²) >= 11 is 8.58. The van der Waals surface area contributed by atoms with Crippen molar-refractivity contribution in [2.45, 2.75) is 103 Å². The predicted molar refractivity (Wildman–Crippen MR) is 451 cm³/mol. The molecule has 8 aromatic rings. The van der Waals surface area contributed by atoms with Gasteiger partial charge in [0.15, 0.2) is 11.9 Å². The number of piperazine rings is 1. The third-order valence-electron chi connectivity index (χ3n) is 20.4.